The van der Waals surface area contributed by atoms with E-state index in [0.29, 0.717) is 18.0 Å². The maximum absolute atomic E-state index is 12.7. The molecule has 7 nitrogen and oxygen atoms in total. The molecule has 0 aliphatic rings. The van der Waals surface area contributed by atoms with E-state index in [1.807, 2.05) is 19.9 Å². The molecule has 0 unspecified atom stereocenters. The number of carbonyl (C=O) groups is 1. The molecule has 0 atom stereocenters. The first-order valence-corrected chi connectivity index (χ1v) is 10.2. The van der Waals surface area contributed by atoms with E-state index in [-0.39, 0.29) is 17.8 Å². The Bertz CT molecular complexity index is 879. The van der Waals surface area contributed by atoms with Gasteiger partial charge in [0.15, 0.2) is 0 Å². The van der Waals surface area contributed by atoms with Crippen LogP contribution in [0, 0.1) is 0 Å². The molecule has 0 heterocycles. The first-order chi connectivity index (χ1) is 12.7. The standard InChI is InChI=1S/C19H24N2O5S/c1-14(2)21(19(22)20-16-8-10-17(25-3)11-9-16)13-15-6-5-7-18(12-15)26-27(4,23)24/h5-12,14H,13H2,1-4H3,(H,20,22). The minimum absolute atomic E-state index is 0.0669. The van der Waals surface area contributed by atoms with Gasteiger partial charge in [-0.25, -0.2) is 4.79 Å². The summed E-state index contributed by atoms with van der Waals surface area (Å²) in [4.78, 5) is 14.3. The van der Waals surface area contributed by atoms with Gasteiger partial charge in [0.25, 0.3) is 0 Å². The van der Waals surface area contributed by atoms with Crippen molar-refractivity contribution >= 4 is 21.8 Å². The Morgan fingerprint density at radius 2 is 1.78 bits per heavy atom. The highest BCUT2D eigenvalue weighted by Gasteiger charge is 2.18. The number of methoxy groups -OCH3 is 1. The van der Waals surface area contributed by atoms with Crippen molar-refractivity contribution in [3.05, 3.63) is 54.1 Å². The molecule has 2 rings (SSSR count). The molecule has 0 aliphatic carbocycles. The second kappa shape index (κ2) is 8.77. The van der Waals surface area contributed by atoms with E-state index >= 15 is 0 Å². The van der Waals surface area contributed by atoms with Crippen LogP contribution >= 0.6 is 0 Å². The monoisotopic (exact) mass is 392 g/mol. The van der Waals surface area contributed by atoms with Crippen molar-refractivity contribution in [2.45, 2.75) is 26.4 Å². The van der Waals surface area contributed by atoms with E-state index < -0.39 is 10.1 Å². The first-order valence-electron chi connectivity index (χ1n) is 8.38. The Kier molecular flexibility index (Phi) is 6.68. The number of rotatable bonds is 7. The molecule has 146 valence electrons. The predicted octanol–water partition coefficient (Wildman–Crippen LogP) is 3.48. The van der Waals surface area contributed by atoms with Gasteiger partial charge in [-0.1, -0.05) is 12.1 Å². The van der Waals surface area contributed by atoms with Crippen LogP contribution in [0.15, 0.2) is 48.5 Å². The van der Waals surface area contributed by atoms with Crippen LogP contribution in [0.2, 0.25) is 0 Å². The third kappa shape index (κ3) is 6.49. The molecule has 0 saturated carbocycles. The lowest BCUT2D eigenvalue weighted by molar-refractivity contribution is 0.193. The molecule has 0 aromatic heterocycles. The smallest absolute Gasteiger partial charge is 0.322 e. The summed E-state index contributed by atoms with van der Waals surface area (Å²) < 4.78 is 32.6. The van der Waals surface area contributed by atoms with Crippen LogP contribution in [0.25, 0.3) is 0 Å². The van der Waals surface area contributed by atoms with Crippen LogP contribution in [0.5, 0.6) is 11.5 Å². The van der Waals surface area contributed by atoms with Crippen LogP contribution in [-0.4, -0.2) is 38.8 Å². The van der Waals surface area contributed by atoms with Crippen molar-refractivity contribution in [1.82, 2.24) is 4.90 Å². The van der Waals surface area contributed by atoms with Gasteiger partial charge in [-0.05, 0) is 55.8 Å². The topological polar surface area (TPSA) is 84.9 Å². The number of nitrogens with one attached hydrogen (secondary N) is 1. The van der Waals surface area contributed by atoms with Crippen molar-refractivity contribution in [2.24, 2.45) is 0 Å². The van der Waals surface area contributed by atoms with E-state index in [4.69, 9.17) is 8.92 Å². The molecule has 0 spiro atoms. The number of benzene rings is 2. The normalized spacial score (nSPS) is 11.1. The fourth-order valence-corrected chi connectivity index (χ4v) is 2.88. The average molecular weight is 392 g/mol. The van der Waals surface area contributed by atoms with E-state index in [1.165, 1.54) is 0 Å². The van der Waals surface area contributed by atoms with Crippen molar-refractivity contribution < 1.29 is 22.1 Å². The molecule has 8 heteroatoms. The molecular formula is C19H24N2O5S. The van der Waals surface area contributed by atoms with Crippen LogP contribution in [0.4, 0.5) is 10.5 Å². The number of hydrogen-bond acceptors (Lipinski definition) is 5. The molecule has 0 radical (unpaired) electrons. The van der Waals surface area contributed by atoms with Crippen molar-refractivity contribution in [1.29, 1.82) is 0 Å². The summed E-state index contributed by atoms with van der Waals surface area (Å²) in [5, 5.41) is 2.85. The molecule has 0 bridgehead atoms. The van der Waals surface area contributed by atoms with Gasteiger partial charge in [0.05, 0.1) is 13.4 Å². The quantitative estimate of drug-likeness (QED) is 0.729. The highest BCUT2D eigenvalue weighted by atomic mass is 32.2. The van der Waals surface area contributed by atoms with E-state index in [2.05, 4.69) is 5.32 Å². The summed E-state index contributed by atoms with van der Waals surface area (Å²) in [6, 6.07) is 13.4. The maximum Gasteiger partial charge on any atom is 0.322 e. The molecular weight excluding hydrogens is 368 g/mol. The van der Waals surface area contributed by atoms with Gasteiger partial charge in [-0.3, -0.25) is 0 Å². The third-order valence-electron chi connectivity index (χ3n) is 3.72. The lowest BCUT2D eigenvalue weighted by atomic mass is 10.2. The number of anilines is 1. The molecule has 27 heavy (non-hydrogen) atoms. The van der Waals surface area contributed by atoms with Crippen LogP contribution < -0.4 is 14.2 Å². The Labute approximate surface area is 160 Å². The number of hydrogen-bond donors (Lipinski definition) is 1. The number of nitrogens with zero attached hydrogens (tertiary/aromatic N) is 1. The van der Waals surface area contributed by atoms with Gasteiger partial charge < -0.3 is 19.1 Å². The number of urea groups is 1. The average Bonchev–Trinajstić information content (AvgIpc) is 2.59. The molecule has 2 amide bonds. The predicted molar refractivity (Wildman–Crippen MR) is 105 cm³/mol. The van der Waals surface area contributed by atoms with Gasteiger partial charge in [0.2, 0.25) is 0 Å². The zero-order valence-electron chi connectivity index (χ0n) is 15.8. The van der Waals surface area contributed by atoms with Gasteiger partial charge in [0.1, 0.15) is 11.5 Å². The van der Waals surface area contributed by atoms with Gasteiger partial charge in [0, 0.05) is 18.3 Å². The zero-order chi connectivity index (χ0) is 20.0. The Morgan fingerprint density at radius 1 is 1.11 bits per heavy atom. The Morgan fingerprint density at radius 3 is 2.33 bits per heavy atom. The van der Waals surface area contributed by atoms with Crippen LogP contribution in [0.1, 0.15) is 19.4 Å². The number of ether oxygens (including phenoxy) is 1. The molecule has 0 aliphatic heterocycles. The molecule has 0 fully saturated rings. The minimum Gasteiger partial charge on any atom is -0.497 e. The van der Waals surface area contributed by atoms with Crippen molar-refractivity contribution in [2.75, 3.05) is 18.7 Å². The Hall–Kier alpha value is -2.74. The highest BCUT2D eigenvalue weighted by molar-refractivity contribution is 7.86. The fourth-order valence-electron chi connectivity index (χ4n) is 2.43. The molecule has 2 aromatic carbocycles. The van der Waals surface area contributed by atoms with Gasteiger partial charge in [-0.2, -0.15) is 8.42 Å². The number of amides is 2. The molecule has 1 N–H and O–H groups in total. The largest absolute Gasteiger partial charge is 0.497 e. The van der Waals surface area contributed by atoms with Gasteiger partial charge >= 0.3 is 16.1 Å². The minimum atomic E-state index is -3.60. The van der Waals surface area contributed by atoms with Gasteiger partial charge in [-0.15, -0.1) is 0 Å². The summed E-state index contributed by atoms with van der Waals surface area (Å²) >= 11 is 0. The maximum atomic E-state index is 12.7. The summed E-state index contributed by atoms with van der Waals surface area (Å²) in [5.74, 6) is 0.922. The van der Waals surface area contributed by atoms with Crippen molar-refractivity contribution in [3.8, 4) is 11.5 Å². The second-order valence-corrected chi connectivity index (χ2v) is 7.89. The van der Waals surface area contributed by atoms with E-state index in [9.17, 15) is 13.2 Å². The fraction of sp³-hybridized carbons (Fsp3) is 0.316. The second-order valence-electron chi connectivity index (χ2n) is 6.32. The summed E-state index contributed by atoms with van der Waals surface area (Å²) in [6.07, 6.45) is 0.988. The number of carbonyl (C=O) groups excluding carboxylic acids is 1. The summed E-state index contributed by atoms with van der Waals surface area (Å²) in [6.45, 7) is 4.12. The zero-order valence-corrected chi connectivity index (χ0v) is 16.6. The molecule has 0 saturated heterocycles. The highest BCUT2D eigenvalue weighted by Crippen LogP contribution is 2.19. The Balaban J connectivity index is 2.12. The van der Waals surface area contributed by atoms with Crippen LogP contribution in [-0.2, 0) is 16.7 Å². The molecule has 2 aromatic rings. The summed E-state index contributed by atoms with van der Waals surface area (Å²) in [7, 11) is -2.03. The van der Waals surface area contributed by atoms with Crippen molar-refractivity contribution in [3.63, 3.8) is 0 Å². The summed E-state index contributed by atoms with van der Waals surface area (Å²) in [5.41, 5.74) is 1.41. The first kappa shape index (κ1) is 20.6. The lowest BCUT2D eigenvalue weighted by Gasteiger charge is -2.27. The SMILES string of the molecule is COc1ccc(NC(=O)N(Cc2cccc(OS(C)(=O)=O)c2)C(C)C)cc1. The van der Waals surface area contributed by atoms with E-state index in [0.717, 1.165) is 11.8 Å². The third-order valence-corrected chi connectivity index (χ3v) is 4.22. The van der Waals surface area contributed by atoms with E-state index in [1.54, 1.807) is 54.5 Å². The van der Waals surface area contributed by atoms with Crippen LogP contribution in [0.3, 0.4) is 0 Å². The lowest BCUT2D eigenvalue weighted by Crippen LogP contribution is -2.39.